The molecule has 0 aliphatic heterocycles. The first-order valence-electron chi connectivity index (χ1n) is 3.05. The Balaban J connectivity index is 0.000000810. The first kappa shape index (κ1) is 9.79. The molecule has 1 nitrogen and oxygen atoms in total. The molecule has 0 saturated heterocycles. The number of anilines is 1. The Kier molecular flexibility index (Phi) is 3.76. The van der Waals surface area contributed by atoms with Crippen LogP contribution >= 0.6 is 23.7 Å². The predicted octanol–water partition coefficient (Wildman–Crippen LogP) is 2.88. The van der Waals surface area contributed by atoms with Crippen molar-refractivity contribution >= 4 is 28.7 Å². The molecule has 0 bridgehead atoms. The standard InChI is InChI=1S/C7H11NS.ClH/c1-5(2)6-3-4-7(8)9-6;/h3-5H,8H2,1-2H3;1H. The van der Waals surface area contributed by atoms with Gasteiger partial charge in [0.05, 0.1) is 5.00 Å². The zero-order valence-electron chi connectivity index (χ0n) is 6.13. The minimum absolute atomic E-state index is 0. The van der Waals surface area contributed by atoms with Crippen LogP contribution in [0.5, 0.6) is 0 Å². The molecule has 0 atom stereocenters. The van der Waals surface area contributed by atoms with E-state index in [1.807, 2.05) is 6.07 Å². The van der Waals surface area contributed by atoms with Crippen molar-refractivity contribution in [2.24, 2.45) is 0 Å². The lowest BCUT2D eigenvalue weighted by Crippen LogP contribution is -1.78. The van der Waals surface area contributed by atoms with Gasteiger partial charge >= 0.3 is 0 Å². The molecule has 0 aliphatic rings. The fourth-order valence-electron chi connectivity index (χ4n) is 0.679. The molecule has 2 N–H and O–H groups in total. The van der Waals surface area contributed by atoms with E-state index in [1.54, 1.807) is 11.3 Å². The van der Waals surface area contributed by atoms with Gasteiger partial charge in [0, 0.05) is 4.88 Å². The minimum Gasteiger partial charge on any atom is -0.391 e. The average molecular weight is 178 g/mol. The molecule has 1 aromatic rings. The van der Waals surface area contributed by atoms with Crippen molar-refractivity contribution < 1.29 is 0 Å². The molecule has 0 radical (unpaired) electrons. The summed E-state index contributed by atoms with van der Waals surface area (Å²) in [4.78, 5) is 1.37. The van der Waals surface area contributed by atoms with E-state index in [2.05, 4.69) is 19.9 Å². The first-order chi connectivity index (χ1) is 4.20. The molecular formula is C7H12ClNS. The van der Waals surface area contributed by atoms with Gasteiger partial charge in [0.15, 0.2) is 0 Å². The van der Waals surface area contributed by atoms with E-state index < -0.39 is 0 Å². The van der Waals surface area contributed by atoms with Crippen molar-refractivity contribution in [3.8, 4) is 0 Å². The van der Waals surface area contributed by atoms with Crippen LogP contribution < -0.4 is 5.73 Å². The Bertz CT molecular complexity index is 195. The Morgan fingerprint density at radius 2 is 2.00 bits per heavy atom. The summed E-state index contributed by atoms with van der Waals surface area (Å²) in [5.74, 6) is 0.618. The van der Waals surface area contributed by atoms with Gasteiger partial charge in [0.25, 0.3) is 0 Å². The molecule has 0 saturated carbocycles. The van der Waals surface area contributed by atoms with Gasteiger partial charge in [0.2, 0.25) is 0 Å². The average Bonchev–Trinajstić information content (AvgIpc) is 2.14. The molecule has 1 heterocycles. The maximum absolute atomic E-state index is 5.53. The van der Waals surface area contributed by atoms with Gasteiger partial charge in [-0.05, 0) is 18.1 Å². The molecule has 0 aromatic carbocycles. The zero-order chi connectivity index (χ0) is 6.85. The highest BCUT2D eigenvalue weighted by molar-refractivity contribution is 7.15. The normalized spacial score (nSPS) is 9.50. The fourth-order valence-corrected chi connectivity index (χ4v) is 1.46. The lowest BCUT2D eigenvalue weighted by molar-refractivity contribution is 0.890. The van der Waals surface area contributed by atoms with Gasteiger partial charge in [-0.2, -0.15) is 0 Å². The predicted molar refractivity (Wildman–Crippen MR) is 50.1 cm³/mol. The second kappa shape index (κ2) is 3.84. The molecular weight excluding hydrogens is 166 g/mol. The highest BCUT2D eigenvalue weighted by Crippen LogP contribution is 2.25. The SMILES string of the molecule is CC(C)c1ccc(N)s1.Cl. The third kappa shape index (κ3) is 2.20. The van der Waals surface area contributed by atoms with Gasteiger partial charge in [-0.3, -0.25) is 0 Å². The largest absolute Gasteiger partial charge is 0.391 e. The van der Waals surface area contributed by atoms with E-state index in [4.69, 9.17) is 5.73 Å². The zero-order valence-corrected chi connectivity index (χ0v) is 7.76. The number of halogens is 1. The van der Waals surface area contributed by atoms with E-state index in [1.165, 1.54) is 4.88 Å². The summed E-state index contributed by atoms with van der Waals surface area (Å²) in [5.41, 5.74) is 5.53. The first-order valence-corrected chi connectivity index (χ1v) is 3.87. The number of nitrogen functional groups attached to an aromatic ring is 1. The van der Waals surface area contributed by atoms with E-state index >= 15 is 0 Å². The summed E-state index contributed by atoms with van der Waals surface area (Å²) in [6.45, 7) is 4.34. The highest BCUT2D eigenvalue weighted by Gasteiger charge is 1.99. The van der Waals surface area contributed by atoms with Crippen LogP contribution in [0.1, 0.15) is 24.6 Å². The van der Waals surface area contributed by atoms with Crippen LogP contribution in [0, 0.1) is 0 Å². The summed E-state index contributed by atoms with van der Waals surface area (Å²) in [6.07, 6.45) is 0. The second-order valence-corrected chi connectivity index (χ2v) is 3.54. The Labute approximate surface area is 71.7 Å². The van der Waals surface area contributed by atoms with Gasteiger partial charge in [0.1, 0.15) is 0 Å². The Morgan fingerprint density at radius 1 is 1.40 bits per heavy atom. The van der Waals surface area contributed by atoms with Crippen LogP contribution in [-0.4, -0.2) is 0 Å². The Morgan fingerprint density at radius 3 is 2.20 bits per heavy atom. The van der Waals surface area contributed by atoms with Crippen LogP contribution in [0.25, 0.3) is 0 Å². The lowest BCUT2D eigenvalue weighted by Gasteiger charge is -1.96. The minimum atomic E-state index is 0. The second-order valence-electron chi connectivity index (χ2n) is 2.39. The molecule has 58 valence electrons. The van der Waals surface area contributed by atoms with Crippen LogP contribution in [0.3, 0.4) is 0 Å². The monoisotopic (exact) mass is 177 g/mol. The third-order valence-corrected chi connectivity index (χ3v) is 2.43. The van der Waals surface area contributed by atoms with Crippen LogP contribution in [0.15, 0.2) is 12.1 Å². The van der Waals surface area contributed by atoms with Crippen molar-refractivity contribution in [2.75, 3.05) is 5.73 Å². The lowest BCUT2D eigenvalue weighted by atomic mass is 10.2. The topological polar surface area (TPSA) is 26.0 Å². The number of hydrogen-bond donors (Lipinski definition) is 1. The molecule has 0 unspecified atom stereocenters. The maximum Gasteiger partial charge on any atom is 0.0859 e. The van der Waals surface area contributed by atoms with E-state index in [0.29, 0.717) is 5.92 Å². The van der Waals surface area contributed by atoms with Crippen LogP contribution in [-0.2, 0) is 0 Å². The number of rotatable bonds is 1. The van der Waals surface area contributed by atoms with Crippen molar-refractivity contribution in [1.29, 1.82) is 0 Å². The van der Waals surface area contributed by atoms with Gasteiger partial charge in [-0.15, -0.1) is 23.7 Å². The summed E-state index contributed by atoms with van der Waals surface area (Å²) in [7, 11) is 0. The van der Waals surface area contributed by atoms with Crippen LogP contribution in [0.2, 0.25) is 0 Å². The van der Waals surface area contributed by atoms with Gasteiger partial charge in [-0.1, -0.05) is 13.8 Å². The van der Waals surface area contributed by atoms with Crippen molar-refractivity contribution in [3.63, 3.8) is 0 Å². The molecule has 3 heteroatoms. The van der Waals surface area contributed by atoms with Crippen molar-refractivity contribution in [2.45, 2.75) is 19.8 Å². The number of thiophene rings is 1. The maximum atomic E-state index is 5.53. The fraction of sp³-hybridized carbons (Fsp3) is 0.429. The molecule has 0 spiro atoms. The number of nitrogens with two attached hydrogens (primary N) is 1. The summed E-state index contributed by atoms with van der Waals surface area (Å²) in [5, 5.41) is 0.915. The van der Waals surface area contributed by atoms with E-state index in [9.17, 15) is 0 Å². The smallest absolute Gasteiger partial charge is 0.0859 e. The van der Waals surface area contributed by atoms with Gasteiger partial charge in [-0.25, -0.2) is 0 Å². The highest BCUT2D eigenvalue weighted by atomic mass is 35.5. The summed E-state index contributed by atoms with van der Waals surface area (Å²) >= 11 is 1.67. The summed E-state index contributed by atoms with van der Waals surface area (Å²) < 4.78 is 0. The van der Waals surface area contributed by atoms with E-state index in [-0.39, 0.29) is 12.4 Å². The molecule has 0 aliphatic carbocycles. The molecule has 10 heavy (non-hydrogen) atoms. The quantitative estimate of drug-likeness (QED) is 0.702. The summed E-state index contributed by atoms with van der Waals surface area (Å²) in [6, 6.07) is 4.05. The molecule has 0 amide bonds. The third-order valence-electron chi connectivity index (χ3n) is 1.22. The molecule has 1 aromatic heterocycles. The van der Waals surface area contributed by atoms with Gasteiger partial charge < -0.3 is 5.73 Å². The van der Waals surface area contributed by atoms with Crippen LogP contribution in [0.4, 0.5) is 5.00 Å². The van der Waals surface area contributed by atoms with E-state index in [0.717, 1.165) is 5.00 Å². The van der Waals surface area contributed by atoms with Crippen molar-refractivity contribution in [3.05, 3.63) is 17.0 Å². The molecule has 1 rings (SSSR count). The number of hydrogen-bond acceptors (Lipinski definition) is 2. The van der Waals surface area contributed by atoms with Crippen molar-refractivity contribution in [1.82, 2.24) is 0 Å². The molecule has 0 fully saturated rings. The Hall–Kier alpha value is -0.210.